The van der Waals surface area contributed by atoms with Gasteiger partial charge in [0.2, 0.25) is 5.91 Å². The van der Waals surface area contributed by atoms with Crippen LogP contribution in [0.2, 0.25) is 0 Å². The molecule has 0 aliphatic rings. The number of hydrogen-bond donors (Lipinski definition) is 5. The second-order valence-corrected chi connectivity index (χ2v) is 9.03. The summed E-state index contributed by atoms with van der Waals surface area (Å²) < 4.78 is 10.4. The number of urea groups is 1. The van der Waals surface area contributed by atoms with E-state index in [-0.39, 0.29) is 13.1 Å². The fourth-order valence-electron chi connectivity index (χ4n) is 3.43. The zero-order valence-corrected chi connectivity index (χ0v) is 21.6. The van der Waals surface area contributed by atoms with Crippen molar-refractivity contribution >= 4 is 40.2 Å². The molecule has 0 saturated heterocycles. The number of nitrogens with one attached hydrogen (secondary N) is 4. The van der Waals surface area contributed by atoms with Gasteiger partial charge in [-0.3, -0.25) is 19.7 Å². The minimum absolute atomic E-state index is 0.223. The Hall–Kier alpha value is -4.58. The van der Waals surface area contributed by atoms with Crippen LogP contribution in [0.25, 0.3) is 0 Å². The molecule has 1 heterocycles. The number of anilines is 1. The first-order valence-corrected chi connectivity index (χ1v) is 12.3. The Morgan fingerprint density at radius 1 is 0.921 bits per heavy atom. The van der Waals surface area contributed by atoms with E-state index in [0.717, 1.165) is 16.9 Å². The van der Waals surface area contributed by atoms with Crippen molar-refractivity contribution < 1.29 is 33.8 Å². The lowest BCUT2D eigenvalue weighted by atomic mass is 9.97. The number of carboxylic acid groups (broad SMARTS) is 1. The van der Waals surface area contributed by atoms with E-state index in [1.807, 2.05) is 30.3 Å². The van der Waals surface area contributed by atoms with Crippen molar-refractivity contribution in [2.75, 3.05) is 32.6 Å². The van der Waals surface area contributed by atoms with Crippen LogP contribution in [-0.2, 0) is 16.1 Å². The number of amides is 4. The minimum Gasteiger partial charge on any atom is -0.497 e. The maximum Gasteiger partial charge on any atom is 0.320 e. The number of benzene rings is 2. The van der Waals surface area contributed by atoms with Gasteiger partial charge in [0.05, 0.1) is 30.6 Å². The molecular weight excluding hydrogens is 512 g/mol. The number of rotatable bonds is 12. The molecule has 2 aromatic carbocycles. The first-order chi connectivity index (χ1) is 18.3. The summed E-state index contributed by atoms with van der Waals surface area (Å²) in [5.41, 5.74) is 1.29. The number of hydrogen-bond acceptors (Lipinski definition) is 7. The van der Waals surface area contributed by atoms with Crippen LogP contribution in [0.4, 0.5) is 9.80 Å². The molecule has 12 heteroatoms. The van der Waals surface area contributed by atoms with Crippen molar-refractivity contribution in [3.8, 4) is 11.5 Å². The van der Waals surface area contributed by atoms with E-state index in [2.05, 4.69) is 21.3 Å². The number of methoxy groups -OCH3 is 2. The van der Waals surface area contributed by atoms with Crippen molar-refractivity contribution in [1.29, 1.82) is 0 Å². The Morgan fingerprint density at radius 3 is 2.37 bits per heavy atom. The molecule has 0 aliphatic heterocycles. The van der Waals surface area contributed by atoms with Crippen LogP contribution in [0.5, 0.6) is 11.5 Å². The normalized spacial score (nSPS) is 11.1. The number of carbonyl (C=O) groups is 4. The molecule has 11 nitrogen and oxygen atoms in total. The Bertz CT molecular complexity index is 1280. The van der Waals surface area contributed by atoms with E-state index in [0.29, 0.717) is 33.5 Å². The number of aliphatic carboxylic acids is 1. The molecule has 1 unspecified atom stereocenters. The minimum atomic E-state index is -1.16. The van der Waals surface area contributed by atoms with E-state index < -0.39 is 29.7 Å². The average Bonchev–Trinajstić information content (AvgIpc) is 3.39. The number of thiophene rings is 1. The molecule has 3 aromatic rings. The molecule has 1 aromatic heterocycles. The van der Waals surface area contributed by atoms with Gasteiger partial charge in [0.15, 0.2) is 0 Å². The van der Waals surface area contributed by atoms with Crippen LogP contribution in [0, 0.1) is 0 Å². The van der Waals surface area contributed by atoms with Crippen LogP contribution in [0.15, 0.2) is 60.7 Å². The van der Waals surface area contributed by atoms with E-state index in [4.69, 9.17) is 9.47 Å². The highest BCUT2D eigenvalue weighted by molar-refractivity contribution is 7.18. The zero-order valence-electron chi connectivity index (χ0n) is 20.8. The van der Waals surface area contributed by atoms with Crippen LogP contribution >= 0.6 is 11.3 Å². The predicted octanol–water partition coefficient (Wildman–Crippen LogP) is 2.80. The van der Waals surface area contributed by atoms with Crippen molar-refractivity contribution in [3.05, 3.63) is 76.7 Å². The Kier molecular flexibility index (Phi) is 10.1. The van der Waals surface area contributed by atoms with E-state index in [1.165, 1.54) is 26.4 Å². The van der Waals surface area contributed by atoms with Gasteiger partial charge in [0, 0.05) is 18.7 Å². The van der Waals surface area contributed by atoms with Gasteiger partial charge in [-0.15, -0.1) is 11.3 Å². The maximum absolute atomic E-state index is 12.4. The van der Waals surface area contributed by atoms with Crippen LogP contribution in [-0.4, -0.2) is 56.2 Å². The van der Waals surface area contributed by atoms with Crippen molar-refractivity contribution in [2.45, 2.75) is 12.5 Å². The summed E-state index contributed by atoms with van der Waals surface area (Å²) in [6.07, 6.45) is 0. The molecular formula is C26H28N4O7S. The highest BCUT2D eigenvalue weighted by Gasteiger charge is 2.25. The van der Waals surface area contributed by atoms with Gasteiger partial charge in [-0.25, -0.2) is 4.79 Å². The SMILES string of the molecule is COc1ccc(OC)c(C(CNC(=O)CNC(=O)c2ccc(NC(=O)NCc3ccccc3)s2)C(=O)O)c1. The highest BCUT2D eigenvalue weighted by Crippen LogP contribution is 2.30. The number of ether oxygens (including phenoxy) is 2. The summed E-state index contributed by atoms with van der Waals surface area (Å²) in [6, 6.07) is 16.9. The average molecular weight is 541 g/mol. The lowest BCUT2D eigenvalue weighted by molar-refractivity contribution is -0.138. The van der Waals surface area contributed by atoms with Crippen LogP contribution in [0.3, 0.4) is 0 Å². The van der Waals surface area contributed by atoms with Gasteiger partial charge in [-0.05, 0) is 35.9 Å². The Labute approximate surface area is 223 Å². The molecule has 0 bridgehead atoms. The molecule has 3 rings (SSSR count). The third-order valence-corrected chi connectivity index (χ3v) is 6.39. The van der Waals surface area contributed by atoms with Gasteiger partial charge in [-0.2, -0.15) is 0 Å². The molecule has 0 saturated carbocycles. The van der Waals surface area contributed by atoms with Crippen LogP contribution < -0.4 is 30.7 Å². The number of carbonyl (C=O) groups excluding carboxylic acids is 3. The summed E-state index contributed by atoms with van der Waals surface area (Å²) in [5, 5.41) is 20.6. The molecule has 5 N–H and O–H groups in total. The lowest BCUT2D eigenvalue weighted by Crippen LogP contribution is -2.39. The summed E-state index contributed by atoms with van der Waals surface area (Å²) in [4.78, 5) is 49.0. The molecule has 0 fully saturated rings. The smallest absolute Gasteiger partial charge is 0.320 e. The highest BCUT2D eigenvalue weighted by atomic mass is 32.1. The lowest BCUT2D eigenvalue weighted by Gasteiger charge is -2.18. The monoisotopic (exact) mass is 540 g/mol. The van der Waals surface area contributed by atoms with Gasteiger partial charge >= 0.3 is 12.0 Å². The number of carboxylic acids is 1. The second kappa shape index (κ2) is 13.7. The molecule has 4 amide bonds. The fourth-order valence-corrected chi connectivity index (χ4v) is 4.25. The van der Waals surface area contributed by atoms with E-state index in [1.54, 1.807) is 18.2 Å². The van der Waals surface area contributed by atoms with E-state index >= 15 is 0 Å². The first kappa shape index (κ1) is 28.0. The molecule has 0 aliphatic carbocycles. The third-order valence-electron chi connectivity index (χ3n) is 5.39. The van der Waals surface area contributed by atoms with Crippen molar-refractivity contribution in [1.82, 2.24) is 16.0 Å². The molecule has 1 atom stereocenters. The molecule has 0 radical (unpaired) electrons. The fraction of sp³-hybridized carbons (Fsp3) is 0.231. The largest absolute Gasteiger partial charge is 0.497 e. The Balaban J connectivity index is 1.48. The summed E-state index contributed by atoms with van der Waals surface area (Å²) in [7, 11) is 2.88. The third kappa shape index (κ3) is 7.96. The molecule has 38 heavy (non-hydrogen) atoms. The second-order valence-electron chi connectivity index (χ2n) is 7.94. The standard InChI is InChI=1S/C26H28N4O7S/c1-36-17-8-9-20(37-2)18(12-17)19(25(33)34)14-27-22(31)15-28-24(32)21-10-11-23(38-21)30-26(35)29-13-16-6-4-3-5-7-16/h3-12,19H,13-15H2,1-2H3,(H,27,31)(H,28,32)(H,33,34)(H2,29,30,35). The summed E-state index contributed by atoms with van der Waals surface area (Å²) >= 11 is 1.05. The topological polar surface area (TPSA) is 155 Å². The first-order valence-electron chi connectivity index (χ1n) is 11.5. The van der Waals surface area contributed by atoms with Crippen LogP contribution in [0.1, 0.15) is 26.7 Å². The van der Waals surface area contributed by atoms with Gasteiger partial charge in [-0.1, -0.05) is 30.3 Å². The molecule has 0 spiro atoms. The summed E-state index contributed by atoms with van der Waals surface area (Å²) in [6.45, 7) is -0.231. The van der Waals surface area contributed by atoms with Gasteiger partial charge < -0.3 is 30.5 Å². The van der Waals surface area contributed by atoms with Gasteiger partial charge in [0.1, 0.15) is 17.4 Å². The predicted molar refractivity (Wildman–Crippen MR) is 142 cm³/mol. The van der Waals surface area contributed by atoms with Crippen molar-refractivity contribution in [2.24, 2.45) is 0 Å². The summed E-state index contributed by atoms with van der Waals surface area (Å²) in [5.74, 6) is -2.54. The quantitative estimate of drug-likeness (QED) is 0.237. The van der Waals surface area contributed by atoms with Crippen molar-refractivity contribution in [3.63, 3.8) is 0 Å². The zero-order chi connectivity index (χ0) is 27.5. The molecule has 200 valence electrons. The maximum atomic E-state index is 12.4. The van der Waals surface area contributed by atoms with Gasteiger partial charge in [0.25, 0.3) is 5.91 Å². The Morgan fingerprint density at radius 2 is 1.68 bits per heavy atom. The van der Waals surface area contributed by atoms with E-state index in [9.17, 15) is 24.3 Å².